The van der Waals surface area contributed by atoms with Crippen molar-refractivity contribution in [3.8, 4) is 0 Å². The Bertz CT molecular complexity index is 917. The van der Waals surface area contributed by atoms with Crippen LogP contribution in [0.15, 0.2) is 42.6 Å². The lowest BCUT2D eigenvalue weighted by atomic mass is 10.1. The second kappa shape index (κ2) is 8.20. The number of hydrogen-bond donors (Lipinski definition) is 1. The van der Waals surface area contributed by atoms with E-state index in [1.54, 1.807) is 6.20 Å². The Balaban J connectivity index is 1.59. The first kappa shape index (κ1) is 18.9. The van der Waals surface area contributed by atoms with Crippen molar-refractivity contribution in [2.45, 2.75) is 33.2 Å². The van der Waals surface area contributed by atoms with Crippen molar-refractivity contribution in [2.75, 3.05) is 25.0 Å². The number of nitrogens with zero attached hydrogens (tertiary/aromatic N) is 4. The summed E-state index contributed by atoms with van der Waals surface area (Å²) in [4.78, 5) is 19.4. The summed E-state index contributed by atoms with van der Waals surface area (Å²) in [6.45, 7) is 7.50. The van der Waals surface area contributed by atoms with Gasteiger partial charge in [-0.1, -0.05) is 18.2 Å². The second-order valence-electron chi connectivity index (χ2n) is 7.08. The van der Waals surface area contributed by atoms with Crippen molar-refractivity contribution in [2.24, 2.45) is 0 Å². The minimum absolute atomic E-state index is 0.0819. The fourth-order valence-corrected chi connectivity index (χ4v) is 3.10. The van der Waals surface area contributed by atoms with Gasteiger partial charge in [-0.3, -0.25) is 4.79 Å². The lowest BCUT2D eigenvalue weighted by molar-refractivity contribution is 0.0952. The van der Waals surface area contributed by atoms with Crippen LogP contribution >= 0.6 is 0 Å². The molecular weight excluding hydrogens is 338 g/mol. The number of carbonyl (C=O) groups is 1. The van der Waals surface area contributed by atoms with E-state index in [2.05, 4.69) is 53.3 Å². The van der Waals surface area contributed by atoms with Crippen LogP contribution in [0.3, 0.4) is 0 Å². The molecule has 0 spiro atoms. The van der Waals surface area contributed by atoms with Crippen LogP contribution in [0.2, 0.25) is 0 Å². The van der Waals surface area contributed by atoms with Crippen molar-refractivity contribution < 1.29 is 4.79 Å². The third kappa shape index (κ3) is 4.27. The van der Waals surface area contributed by atoms with Gasteiger partial charge in [0.05, 0.1) is 17.5 Å². The highest BCUT2D eigenvalue weighted by Gasteiger charge is 2.15. The number of rotatable bonds is 7. The molecule has 142 valence electrons. The molecule has 0 saturated heterocycles. The summed E-state index contributed by atoms with van der Waals surface area (Å²) in [6, 6.07) is 12.3. The van der Waals surface area contributed by atoms with Crippen LogP contribution < -0.4 is 10.2 Å². The van der Waals surface area contributed by atoms with Gasteiger partial charge in [-0.25, -0.2) is 9.67 Å². The zero-order valence-electron chi connectivity index (χ0n) is 16.4. The van der Waals surface area contributed by atoms with Crippen LogP contribution in [0.4, 0.5) is 5.69 Å². The minimum atomic E-state index is -0.0819. The quantitative estimate of drug-likeness (QED) is 0.650. The molecule has 1 N–H and O–H groups in total. The number of pyridine rings is 1. The van der Waals surface area contributed by atoms with Gasteiger partial charge < -0.3 is 10.2 Å². The van der Waals surface area contributed by atoms with E-state index in [-0.39, 0.29) is 11.9 Å². The topological polar surface area (TPSA) is 63.1 Å². The highest BCUT2D eigenvalue weighted by atomic mass is 16.1. The summed E-state index contributed by atoms with van der Waals surface area (Å²) in [7, 11) is 2.06. The van der Waals surface area contributed by atoms with E-state index < -0.39 is 0 Å². The lowest BCUT2D eigenvalue weighted by Crippen LogP contribution is -2.28. The summed E-state index contributed by atoms with van der Waals surface area (Å²) >= 11 is 0. The lowest BCUT2D eigenvalue weighted by Gasteiger charge is -2.19. The van der Waals surface area contributed by atoms with Crippen molar-refractivity contribution >= 4 is 22.6 Å². The van der Waals surface area contributed by atoms with E-state index in [1.165, 1.54) is 5.69 Å². The largest absolute Gasteiger partial charge is 0.375 e. The molecule has 1 aromatic carbocycles. The van der Waals surface area contributed by atoms with Crippen LogP contribution in [0.25, 0.3) is 11.0 Å². The number of anilines is 1. The Morgan fingerprint density at radius 1 is 1.26 bits per heavy atom. The zero-order chi connectivity index (χ0) is 19.4. The molecule has 0 fully saturated rings. The number of benzene rings is 1. The Kier molecular flexibility index (Phi) is 5.74. The standard InChI is InChI=1S/C21H27N5O/c1-15(2)26-20-17(14-23-26)13-19(16(3)24-20)21(27)22-11-8-12-25(4)18-9-6-5-7-10-18/h5-7,9-10,13-15H,8,11-12H2,1-4H3,(H,22,27). The molecule has 0 radical (unpaired) electrons. The van der Waals surface area contributed by atoms with Gasteiger partial charge in [0.25, 0.3) is 5.91 Å². The summed E-state index contributed by atoms with van der Waals surface area (Å²) in [6.07, 6.45) is 2.64. The third-order valence-corrected chi connectivity index (χ3v) is 4.65. The molecule has 3 rings (SSSR count). The molecule has 6 heteroatoms. The molecule has 2 heterocycles. The maximum absolute atomic E-state index is 12.6. The Morgan fingerprint density at radius 3 is 2.70 bits per heavy atom. The van der Waals surface area contributed by atoms with Crippen LogP contribution in [0, 0.1) is 6.92 Å². The van der Waals surface area contributed by atoms with Crippen molar-refractivity contribution in [1.29, 1.82) is 0 Å². The van der Waals surface area contributed by atoms with E-state index in [4.69, 9.17) is 0 Å². The molecule has 1 amide bonds. The summed E-state index contributed by atoms with van der Waals surface area (Å²) in [5.41, 5.74) is 3.34. The van der Waals surface area contributed by atoms with Gasteiger partial charge in [-0.15, -0.1) is 0 Å². The highest BCUT2D eigenvalue weighted by Crippen LogP contribution is 2.19. The smallest absolute Gasteiger partial charge is 0.253 e. The Morgan fingerprint density at radius 2 is 2.00 bits per heavy atom. The third-order valence-electron chi connectivity index (χ3n) is 4.65. The SMILES string of the molecule is Cc1nc2c(cnn2C(C)C)cc1C(=O)NCCCN(C)c1ccccc1. The van der Waals surface area contributed by atoms with Crippen LogP contribution in [0.5, 0.6) is 0 Å². The average Bonchev–Trinajstić information content (AvgIpc) is 3.07. The molecule has 0 aliphatic carbocycles. The van der Waals surface area contributed by atoms with Gasteiger partial charge in [-0.05, 0) is 45.4 Å². The van der Waals surface area contributed by atoms with Gasteiger partial charge in [0.15, 0.2) is 5.65 Å². The highest BCUT2D eigenvalue weighted by molar-refractivity contribution is 5.98. The molecule has 0 bridgehead atoms. The molecule has 0 saturated carbocycles. The van der Waals surface area contributed by atoms with Gasteiger partial charge in [0, 0.05) is 37.3 Å². The summed E-state index contributed by atoms with van der Waals surface area (Å²) in [5, 5.41) is 8.28. The maximum atomic E-state index is 12.6. The number of amides is 1. The van der Waals surface area contributed by atoms with Crippen LogP contribution in [-0.2, 0) is 0 Å². The monoisotopic (exact) mass is 365 g/mol. The normalized spacial score (nSPS) is 11.1. The van der Waals surface area contributed by atoms with Crippen LogP contribution in [0.1, 0.15) is 42.4 Å². The zero-order valence-corrected chi connectivity index (χ0v) is 16.4. The molecule has 3 aromatic rings. The number of aryl methyl sites for hydroxylation is 1. The molecule has 0 atom stereocenters. The molecular formula is C21H27N5O. The van der Waals surface area contributed by atoms with E-state index in [9.17, 15) is 4.79 Å². The number of para-hydroxylation sites is 1. The van der Waals surface area contributed by atoms with Crippen LogP contribution in [-0.4, -0.2) is 40.8 Å². The molecule has 0 aliphatic rings. The van der Waals surface area contributed by atoms with Crippen molar-refractivity contribution in [1.82, 2.24) is 20.1 Å². The molecule has 0 unspecified atom stereocenters. The van der Waals surface area contributed by atoms with Gasteiger partial charge >= 0.3 is 0 Å². The minimum Gasteiger partial charge on any atom is -0.375 e. The van der Waals surface area contributed by atoms with Crippen molar-refractivity contribution in [3.05, 3.63) is 53.9 Å². The number of fused-ring (bicyclic) bond motifs is 1. The summed E-state index contributed by atoms with van der Waals surface area (Å²) in [5.74, 6) is -0.0819. The fraction of sp³-hybridized carbons (Fsp3) is 0.381. The van der Waals surface area contributed by atoms with E-state index in [0.717, 1.165) is 29.7 Å². The van der Waals surface area contributed by atoms with Gasteiger partial charge in [0.1, 0.15) is 0 Å². The predicted molar refractivity (Wildman–Crippen MR) is 109 cm³/mol. The summed E-state index contributed by atoms with van der Waals surface area (Å²) < 4.78 is 1.88. The first-order valence-corrected chi connectivity index (χ1v) is 9.36. The first-order valence-electron chi connectivity index (χ1n) is 9.36. The number of hydrogen-bond acceptors (Lipinski definition) is 4. The first-order chi connectivity index (χ1) is 13.0. The fourth-order valence-electron chi connectivity index (χ4n) is 3.10. The molecule has 27 heavy (non-hydrogen) atoms. The number of carbonyl (C=O) groups excluding carboxylic acids is 1. The van der Waals surface area contributed by atoms with Gasteiger partial charge in [-0.2, -0.15) is 5.10 Å². The average molecular weight is 365 g/mol. The Labute approximate surface area is 160 Å². The van der Waals surface area contributed by atoms with E-state index in [0.29, 0.717) is 12.1 Å². The molecule has 2 aromatic heterocycles. The molecule has 6 nitrogen and oxygen atoms in total. The second-order valence-corrected chi connectivity index (χ2v) is 7.08. The molecule has 0 aliphatic heterocycles. The van der Waals surface area contributed by atoms with Gasteiger partial charge in [0.2, 0.25) is 0 Å². The van der Waals surface area contributed by atoms with Crippen molar-refractivity contribution in [3.63, 3.8) is 0 Å². The maximum Gasteiger partial charge on any atom is 0.253 e. The Hall–Kier alpha value is -2.89. The predicted octanol–water partition coefficient (Wildman–Crippen LogP) is 3.58. The van der Waals surface area contributed by atoms with E-state index >= 15 is 0 Å². The number of nitrogens with one attached hydrogen (secondary N) is 1. The van der Waals surface area contributed by atoms with E-state index in [1.807, 2.05) is 35.9 Å². The number of aromatic nitrogens is 3.